The molecule has 0 spiro atoms. The monoisotopic (exact) mass is 615 g/mol. The van der Waals surface area contributed by atoms with E-state index in [0.717, 1.165) is 37.3 Å². The minimum atomic E-state index is -4.61. The lowest BCUT2D eigenvalue weighted by atomic mass is 9.87. The van der Waals surface area contributed by atoms with Crippen LogP contribution < -0.4 is 10.5 Å². The van der Waals surface area contributed by atoms with E-state index in [9.17, 15) is 18.0 Å². The standard InChI is InChI=1S/C31H36F3N5O3S/c32-31(33,34)24-18-23(13-14-26(24)41-17-15-21-8-3-1-4-9-21)28-37-29(42-38-28)25-12-7-16-39(25)30(35)36-27(40)20-43-19-22-10-5-2-6-11-22/h2,5-6,10-11,13-14,18,21,25H,1,3-4,7-9,12,15-17,19-20H2,(H2,35,36,40)/t25-/m0/s1. The first-order valence-corrected chi connectivity index (χ1v) is 15.9. The van der Waals surface area contributed by atoms with E-state index in [-0.39, 0.29) is 47.3 Å². The summed E-state index contributed by atoms with van der Waals surface area (Å²) in [6.07, 6.45) is 3.29. The summed E-state index contributed by atoms with van der Waals surface area (Å²) in [6, 6.07) is 13.2. The van der Waals surface area contributed by atoms with Crippen molar-refractivity contribution in [2.45, 2.75) is 69.3 Å². The van der Waals surface area contributed by atoms with Crippen LogP contribution in [0.1, 0.15) is 74.4 Å². The molecule has 1 aliphatic carbocycles. The number of nitrogens with zero attached hydrogens (tertiary/aromatic N) is 4. The van der Waals surface area contributed by atoms with Gasteiger partial charge in [0, 0.05) is 17.9 Å². The molecule has 2 aliphatic rings. The zero-order valence-electron chi connectivity index (χ0n) is 23.9. The number of hydrogen-bond donors (Lipinski definition) is 1. The predicted molar refractivity (Wildman–Crippen MR) is 159 cm³/mol. The lowest BCUT2D eigenvalue weighted by Gasteiger charge is -2.22. The third kappa shape index (κ3) is 8.31. The molecule has 2 heterocycles. The highest BCUT2D eigenvalue weighted by Gasteiger charge is 2.36. The molecule has 0 unspecified atom stereocenters. The molecule has 1 atom stereocenters. The van der Waals surface area contributed by atoms with Gasteiger partial charge in [0.2, 0.25) is 11.7 Å². The van der Waals surface area contributed by atoms with Crippen molar-refractivity contribution >= 4 is 23.6 Å². The maximum absolute atomic E-state index is 14.0. The second-order valence-electron chi connectivity index (χ2n) is 11.0. The Morgan fingerprint density at radius 3 is 2.65 bits per heavy atom. The number of aliphatic imine (C=N–C) groups is 1. The molecule has 43 heavy (non-hydrogen) atoms. The number of likely N-dealkylation sites (tertiary alicyclic amines) is 1. The summed E-state index contributed by atoms with van der Waals surface area (Å²) in [5.41, 5.74) is 6.60. The van der Waals surface area contributed by atoms with E-state index in [2.05, 4.69) is 15.1 Å². The van der Waals surface area contributed by atoms with Gasteiger partial charge in [0.15, 0.2) is 5.96 Å². The van der Waals surface area contributed by atoms with E-state index in [0.29, 0.717) is 24.6 Å². The van der Waals surface area contributed by atoms with Gasteiger partial charge in [-0.25, -0.2) is 0 Å². The van der Waals surface area contributed by atoms with E-state index in [1.165, 1.54) is 43.2 Å². The van der Waals surface area contributed by atoms with Crippen molar-refractivity contribution in [3.05, 3.63) is 65.5 Å². The summed E-state index contributed by atoms with van der Waals surface area (Å²) in [7, 11) is 0. The number of halogens is 3. The first kappa shape index (κ1) is 30.9. The largest absolute Gasteiger partial charge is 0.493 e. The second kappa shape index (κ2) is 14.3. The molecule has 8 nitrogen and oxygen atoms in total. The number of carbonyl (C=O) groups excluding carboxylic acids is 1. The Bertz CT molecular complexity index is 1390. The lowest BCUT2D eigenvalue weighted by molar-refractivity contribution is -0.139. The second-order valence-corrected chi connectivity index (χ2v) is 12.0. The molecule has 2 fully saturated rings. The summed E-state index contributed by atoms with van der Waals surface area (Å²) in [5.74, 6) is 1.11. The number of rotatable bonds is 10. The molecule has 1 aliphatic heterocycles. The third-order valence-electron chi connectivity index (χ3n) is 7.90. The number of ether oxygens (including phenoxy) is 1. The van der Waals surface area contributed by atoms with Gasteiger partial charge in [-0.05, 0) is 48.9 Å². The van der Waals surface area contributed by atoms with E-state index < -0.39 is 17.8 Å². The Hall–Kier alpha value is -3.54. The number of nitrogens with two attached hydrogens (primary N) is 1. The molecule has 2 N–H and O–H groups in total. The number of thioether (sulfide) groups is 1. The van der Waals surface area contributed by atoms with Gasteiger partial charge in [-0.3, -0.25) is 4.79 Å². The fraction of sp³-hybridized carbons (Fsp3) is 0.484. The third-order valence-corrected chi connectivity index (χ3v) is 8.89. The Morgan fingerprint density at radius 2 is 1.88 bits per heavy atom. The van der Waals surface area contributed by atoms with Crippen LogP contribution in [0.3, 0.4) is 0 Å². The van der Waals surface area contributed by atoms with Gasteiger partial charge in [0.05, 0.1) is 17.9 Å². The summed E-state index contributed by atoms with van der Waals surface area (Å²) in [5, 5.41) is 3.96. The Labute approximate surface area is 253 Å². The molecule has 0 radical (unpaired) electrons. The average molecular weight is 616 g/mol. The molecular weight excluding hydrogens is 579 g/mol. The van der Waals surface area contributed by atoms with Gasteiger partial charge in [-0.15, -0.1) is 11.8 Å². The minimum absolute atomic E-state index is 0.0324. The van der Waals surface area contributed by atoms with Crippen molar-refractivity contribution in [2.24, 2.45) is 16.6 Å². The van der Waals surface area contributed by atoms with Gasteiger partial charge >= 0.3 is 6.18 Å². The van der Waals surface area contributed by atoms with Gasteiger partial charge in [-0.2, -0.15) is 23.1 Å². The van der Waals surface area contributed by atoms with Crippen molar-refractivity contribution < 1.29 is 27.2 Å². The van der Waals surface area contributed by atoms with Crippen LogP contribution in [0.5, 0.6) is 5.75 Å². The molecular formula is C31H36F3N5O3S. The number of amides is 1. The Balaban J connectivity index is 1.22. The van der Waals surface area contributed by atoms with Gasteiger partial charge in [0.25, 0.3) is 5.91 Å². The number of aromatic nitrogens is 2. The SMILES string of the molecule is NC(=NC(=O)CSCc1ccccc1)N1CCC[C@H]1c1nc(-c2ccc(OCCC3CCCCC3)c(C(F)(F)F)c2)no1. The van der Waals surface area contributed by atoms with Crippen molar-refractivity contribution in [1.29, 1.82) is 0 Å². The molecule has 5 rings (SSSR count). The molecule has 2 aromatic carbocycles. The van der Waals surface area contributed by atoms with Gasteiger partial charge < -0.3 is 19.9 Å². The summed E-state index contributed by atoms with van der Waals surface area (Å²) in [4.78, 5) is 22.6. The zero-order chi connectivity index (χ0) is 30.2. The first-order chi connectivity index (χ1) is 20.8. The van der Waals surface area contributed by atoms with Crippen LogP contribution in [-0.2, 0) is 16.7 Å². The number of carbonyl (C=O) groups is 1. The van der Waals surface area contributed by atoms with Crippen molar-refractivity contribution in [2.75, 3.05) is 18.9 Å². The fourth-order valence-electron chi connectivity index (χ4n) is 5.67. The smallest absolute Gasteiger partial charge is 0.419 e. The number of benzene rings is 2. The number of hydrogen-bond acceptors (Lipinski definition) is 6. The summed E-state index contributed by atoms with van der Waals surface area (Å²) >= 11 is 1.45. The average Bonchev–Trinajstić information content (AvgIpc) is 3.68. The molecule has 0 bridgehead atoms. The minimum Gasteiger partial charge on any atom is -0.493 e. The highest BCUT2D eigenvalue weighted by molar-refractivity contribution is 7.99. The van der Waals surface area contributed by atoms with Crippen LogP contribution in [0.25, 0.3) is 11.4 Å². The van der Waals surface area contributed by atoms with E-state index >= 15 is 0 Å². The molecule has 1 aromatic heterocycles. The number of alkyl halides is 3. The van der Waals surface area contributed by atoms with Crippen molar-refractivity contribution in [3.8, 4) is 17.1 Å². The number of guanidine groups is 1. The van der Waals surface area contributed by atoms with Crippen LogP contribution in [-0.4, -0.2) is 45.8 Å². The zero-order valence-corrected chi connectivity index (χ0v) is 24.7. The predicted octanol–water partition coefficient (Wildman–Crippen LogP) is 7.02. The van der Waals surface area contributed by atoms with Gasteiger partial charge in [-0.1, -0.05) is 67.6 Å². The van der Waals surface area contributed by atoms with Crippen LogP contribution >= 0.6 is 11.8 Å². The lowest BCUT2D eigenvalue weighted by Crippen LogP contribution is -2.37. The fourth-order valence-corrected chi connectivity index (χ4v) is 6.44. The van der Waals surface area contributed by atoms with E-state index in [1.807, 2.05) is 30.3 Å². The first-order valence-electron chi connectivity index (χ1n) is 14.7. The van der Waals surface area contributed by atoms with Crippen LogP contribution in [0.2, 0.25) is 0 Å². The van der Waals surface area contributed by atoms with E-state index in [4.69, 9.17) is 15.0 Å². The summed E-state index contributed by atoms with van der Waals surface area (Å²) in [6.45, 7) is 0.779. The summed E-state index contributed by atoms with van der Waals surface area (Å²) < 4.78 is 53.0. The molecule has 1 amide bonds. The van der Waals surface area contributed by atoms with Gasteiger partial charge in [0.1, 0.15) is 11.8 Å². The topological polar surface area (TPSA) is 107 Å². The Kier molecular flexibility index (Phi) is 10.3. The highest BCUT2D eigenvalue weighted by atomic mass is 32.2. The van der Waals surface area contributed by atoms with Crippen LogP contribution in [0, 0.1) is 5.92 Å². The van der Waals surface area contributed by atoms with Crippen LogP contribution in [0.15, 0.2) is 58.0 Å². The molecule has 1 saturated heterocycles. The normalized spacial score (nSPS) is 18.3. The molecule has 230 valence electrons. The molecule has 12 heteroatoms. The highest BCUT2D eigenvalue weighted by Crippen LogP contribution is 2.39. The molecule has 3 aromatic rings. The van der Waals surface area contributed by atoms with Crippen molar-refractivity contribution in [1.82, 2.24) is 15.0 Å². The molecule has 1 saturated carbocycles. The van der Waals surface area contributed by atoms with Crippen molar-refractivity contribution in [3.63, 3.8) is 0 Å². The Morgan fingerprint density at radius 1 is 1.09 bits per heavy atom. The maximum Gasteiger partial charge on any atom is 0.419 e. The van der Waals surface area contributed by atoms with E-state index in [1.54, 1.807) is 4.90 Å². The van der Waals surface area contributed by atoms with Crippen LogP contribution in [0.4, 0.5) is 13.2 Å². The maximum atomic E-state index is 14.0. The quantitative estimate of drug-likeness (QED) is 0.192.